The molecule has 1 unspecified atom stereocenters. The zero-order valence-corrected chi connectivity index (χ0v) is 20.4. The van der Waals surface area contributed by atoms with Crippen molar-refractivity contribution in [3.63, 3.8) is 0 Å². The lowest BCUT2D eigenvalue weighted by molar-refractivity contribution is 0.254. The van der Waals surface area contributed by atoms with Crippen molar-refractivity contribution in [2.24, 2.45) is 4.99 Å². The highest BCUT2D eigenvalue weighted by atomic mass is 16.3. The Labute approximate surface area is 192 Å². The van der Waals surface area contributed by atoms with E-state index in [2.05, 4.69) is 37.3 Å². The lowest BCUT2D eigenvalue weighted by Crippen LogP contribution is -2.54. The fraction of sp³-hybridized carbons (Fsp3) is 0.750. The van der Waals surface area contributed by atoms with Crippen molar-refractivity contribution in [3.8, 4) is 0 Å². The van der Waals surface area contributed by atoms with Crippen molar-refractivity contribution >= 4 is 11.5 Å². The summed E-state index contributed by atoms with van der Waals surface area (Å²) in [6, 6.07) is 10.7. The van der Waals surface area contributed by atoms with E-state index in [-0.39, 0.29) is 6.61 Å². The summed E-state index contributed by atoms with van der Waals surface area (Å²) in [4.78, 5) is 4.87. The maximum Gasteiger partial charge on any atom is 0.203 e. The average Bonchev–Trinajstić information content (AvgIpc) is 3.21. The molecule has 0 saturated heterocycles. The number of aliphatic imine (C=N–C) groups is 1. The molecule has 0 amide bonds. The molecule has 1 aliphatic rings. The maximum atomic E-state index is 9.70. The highest BCUT2D eigenvalue weighted by Gasteiger charge is 2.39. The Hall–Kier alpha value is -1.19. The molecule has 3 nitrogen and oxygen atoms in total. The van der Waals surface area contributed by atoms with E-state index >= 15 is 0 Å². The third kappa shape index (κ3) is 9.45. The zero-order chi connectivity index (χ0) is 22.0. The Morgan fingerprint density at radius 3 is 1.77 bits per heavy atom. The monoisotopic (exact) mass is 429 g/mol. The molecule has 31 heavy (non-hydrogen) atoms. The molecule has 2 rings (SSSR count). The molecule has 1 heterocycles. The van der Waals surface area contributed by atoms with Gasteiger partial charge in [0, 0.05) is 6.42 Å². The molecule has 0 fully saturated rings. The molecule has 0 aromatic heterocycles. The number of unbranched alkanes of at least 4 members (excludes halogenated alkanes) is 14. The van der Waals surface area contributed by atoms with E-state index in [9.17, 15) is 5.11 Å². The van der Waals surface area contributed by atoms with Gasteiger partial charge in [-0.3, -0.25) is 0 Å². The van der Waals surface area contributed by atoms with Crippen LogP contribution >= 0.6 is 0 Å². The number of quaternary nitrogens is 1. The van der Waals surface area contributed by atoms with Crippen LogP contribution in [-0.2, 0) is 0 Å². The molecule has 0 radical (unpaired) electrons. The number of amidine groups is 1. The average molecular weight is 430 g/mol. The molecule has 1 atom stereocenters. The Bertz CT molecular complexity index is 586. The highest BCUT2D eigenvalue weighted by Crippen LogP contribution is 2.29. The van der Waals surface area contributed by atoms with Gasteiger partial charge in [0.1, 0.15) is 18.8 Å². The van der Waals surface area contributed by atoms with Crippen molar-refractivity contribution < 1.29 is 5.11 Å². The van der Waals surface area contributed by atoms with Gasteiger partial charge in [-0.25, -0.2) is 9.48 Å². The van der Waals surface area contributed by atoms with Gasteiger partial charge in [0.25, 0.3) is 0 Å². The van der Waals surface area contributed by atoms with Gasteiger partial charge in [-0.15, -0.1) is 0 Å². The SMILES string of the molecule is CCCCCCCCCCCCCCCCCC1=NCC[N+]1(CCO)c1ccccc1. The second-order valence-corrected chi connectivity index (χ2v) is 9.47. The smallest absolute Gasteiger partial charge is 0.203 e. The van der Waals surface area contributed by atoms with Crippen molar-refractivity contribution in [1.82, 2.24) is 4.48 Å². The largest absolute Gasteiger partial charge is 0.390 e. The Morgan fingerprint density at radius 1 is 0.742 bits per heavy atom. The van der Waals surface area contributed by atoms with Crippen LogP contribution in [0, 0.1) is 0 Å². The van der Waals surface area contributed by atoms with Gasteiger partial charge in [0.15, 0.2) is 0 Å². The Balaban J connectivity index is 1.51. The Morgan fingerprint density at radius 2 is 1.26 bits per heavy atom. The van der Waals surface area contributed by atoms with E-state index in [0.29, 0.717) is 0 Å². The molecule has 1 aliphatic heterocycles. The molecule has 0 aliphatic carbocycles. The summed E-state index contributed by atoms with van der Waals surface area (Å²) in [6.45, 7) is 5.15. The minimum Gasteiger partial charge on any atom is -0.390 e. The Kier molecular flexibility index (Phi) is 13.8. The molecule has 1 aromatic rings. The molecule has 0 bridgehead atoms. The first-order valence-electron chi connectivity index (χ1n) is 13.4. The summed E-state index contributed by atoms with van der Waals surface area (Å²) in [5, 5.41) is 9.70. The predicted molar refractivity (Wildman–Crippen MR) is 137 cm³/mol. The van der Waals surface area contributed by atoms with E-state index in [1.54, 1.807) is 0 Å². The van der Waals surface area contributed by atoms with Crippen molar-refractivity contribution in [3.05, 3.63) is 30.3 Å². The number of aliphatic hydroxyl groups excluding tert-OH is 1. The normalized spacial score (nSPS) is 18.5. The molecular formula is C28H49N2O+. The van der Waals surface area contributed by atoms with Gasteiger partial charge < -0.3 is 5.11 Å². The van der Waals surface area contributed by atoms with Gasteiger partial charge in [0.05, 0.1) is 13.2 Å². The van der Waals surface area contributed by atoms with Crippen molar-refractivity contribution in [2.45, 2.75) is 110 Å². The van der Waals surface area contributed by atoms with E-state index in [1.807, 2.05) is 0 Å². The fourth-order valence-corrected chi connectivity index (χ4v) is 5.09. The summed E-state index contributed by atoms with van der Waals surface area (Å²) in [5.74, 6) is 1.29. The fourth-order valence-electron chi connectivity index (χ4n) is 5.09. The number of para-hydroxylation sites is 1. The number of nitrogens with zero attached hydrogens (tertiary/aromatic N) is 2. The van der Waals surface area contributed by atoms with Crippen LogP contribution < -0.4 is 4.48 Å². The van der Waals surface area contributed by atoms with Gasteiger partial charge in [-0.1, -0.05) is 115 Å². The predicted octanol–water partition coefficient (Wildman–Crippen LogP) is 7.66. The maximum absolute atomic E-state index is 9.70. The van der Waals surface area contributed by atoms with E-state index in [0.717, 1.165) is 30.5 Å². The van der Waals surface area contributed by atoms with Crippen LogP contribution in [0.4, 0.5) is 5.69 Å². The summed E-state index contributed by atoms with van der Waals surface area (Å²) in [6.07, 6.45) is 22.1. The second kappa shape index (κ2) is 16.4. The summed E-state index contributed by atoms with van der Waals surface area (Å²) < 4.78 is 0.774. The number of aliphatic hydroxyl groups is 1. The van der Waals surface area contributed by atoms with Gasteiger partial charge in [-0.2, -0.15) is 0 Å². The van der Waals surface area contributed by atoms with Gasteiger partial charge in [-0.05, 0) is 18.6 Å². The van der Waals surface area contributed by atoms with Gasteiger partial charge >= 0.3 is 0 Å². The van der Waals surface area contributed by atoms with Gasteiger partial charge in [0.2, 0.25) is 5.84 Å². The minimum atomic E-state index is 0.215. The van der Waals surface area contributed by atoms with Crippen LogP contribution in [0.3, 0.4) is 0 Å². The number of hydrogen-bond donors (Lipinski definition) is 1. The quantitative estimate of drug-likeness (QED) is 0.178. The molecule has 1 aromatic carbocycles. The highest BCUT2D eigenvalue weighted by molar-refractivity contribution is 5.94. The van der Waals surface area contributed by atoms with Crippen LogP contribution in [0.1, 0.15) is 110 Å². The lowest BCUT2D eigenvalue weighted by Gasteiger charge is -2.33. The van der Waals surface area contributed by atoms with Crippen LogP contribution in [0.25, 0.3) is 0 Å². The third-order valence-electron chi connectivity index (χ3n) is 7.01. The molecule has 176 valence electrons. The second-order valence-electron chi connectivity index (χ2n) is 9.47. The molecular weight excluding hydrogens is 380 g/mol. The standard InChI is InChI=1S/C28H49N2O/c1-2-3-4-5-6-7-8-9-10-11-12-13-14-15-19-22-28-29-23-24-30(28,25-26-31)27-20-17-16-18-21-27/h16-18,20-21,31H,2-15,19,22-26H2,1H3/q+1. The summed E-state index contributed by atoms with van der Waals surface area (Å²) in [7, 11) is 0. The third-order valence-corrected chi connectivity index (χ3v) is 7.01. The topological polar surface area (TPSA) is 32.6 Å². The van der Waals surface area contributed by atoms with E-state index in [4.69, 9.17) is 4.99 Å². The van der Waals surface area contributed by atoms with Crippen LogP contribution in [-0.4, -0.2) is 37.2 Å². The first-order chi connectivity index (χ1) is 15.3. The minimum absolute atomic E-state index is 0.215. The molecule has 0 saturated carbocycles. The number of benzene rings is 1. The number of rotatable bonds is 19. The lowest BCUT2D eigenvalue weighted by atomic mass is 10.0. The number of hydrogen-bond acceptors (Lipinski definition) is 2. The summed E-state index contributed by atoms with van der Waals surface area (Å²) >= 11 is 0. The van der Waals surface area contributed by atoms with E-state index in [1.165, 1.54) is 108 Å². The molecule has 1 N–H and O–H groups in total. The van der Waals surface area contributed by atoms with Crippen LogP contribution in [0.5, 0.6) is 0 Å². The van der Waals surface area contributed by atoms with Crippen LogP contribution in [0.2, 0.25) is 0 Å². The summed E-state index contributed by atoms with van der Waals surface area (Å²) in [5.41, 5.74) is 1.29. The van der Waals surface area contributed by atoms with Crippen molar-refractivity contribution in [2.75, 3.05) is 26.2 Å². The first-order valence-corrected chi connectivity index (χ1v) is 13.4. The van der Waals surface area contributed by atoms with Crippen LogP contribution in [0.15, 0.2) is 35.3 Å². The van der Waals surface area contributed by atoms with Crippen molar-refractivity contribution in [1.29, 1.82) is 0 Å². The van der Waals surface area contributed by atoms with E-state index < -0.39 is 0 Å². The first kappa shape index (κ1) is 26.1. The molecule has 3 heteroatoms. The molecule has 0 spiro atoms. The zero-order valence-electron chi connectivity index (χ0n) is 20.4.